The number of nitrogens with zero attached hydrogens (tertiary/aromatic N) is 1. The Bertz CT molecular complexity index is 766. The van der Waals surface area contributed by atoms with Crippen molar-refractivity contribution in [3.05, 3.63) is 97.1 Å². The molecule has 0 N–H and O–H groups in total. The minimum atomic E-state index is -0.570. The normalized spacial score (nSPS) is 11.8. The molecule has 0 saturated carbocycles. The summed E-state index contributed by atoms with van der Waals surface area (Å²) in [5.74, 6) is -1.04. The van der Waals surface area contributed by atoms with Crippen LogP contribution in [0, 0.1) is 17.2 Å². The van der Waals surface area contributed by atoms with Crippen molar-refractivity contribution in [3.8, 4) is 6.07 Å². The van der Waals surface area contributed by atoms with Gasteiger partial charge in [0, 0.05) is 11.5 Å². The molecule has 0 aliphatic rings. The fourth-order valence-electron chi connectivity index (χ4n) is 3.71. The highest BCUT2D eigenvalue weighted by Gasteiger charge is 2.42. The van der Waals surface area contributed by atoms with E-state index in [0.29, 0.717) is 0 Å². The van der Waals surface area contributed by atoms with E-state index < -0.39 is 17.3 Å². The second kappa shape index (κ2) is 10.9. The third kappa shape index (κ3) is 4.98. The summed E-state index contributed by atoms with van der Waals surface area (Å²) in [6.45, 7) is 7.27. The Balaban J connectivity index is 2.54. The first kappa shape index (κ1) is 21.2. The van der Waals surface area contributed by atoms with Crippen molar-refractivity contribution in [3.63, 3.8) is 0 Å². The number of carbonyl (C=O) groups is 1. The molecule has 0 spiro atoms. The SMILES string of the molecule is C=CCCCCC(c1ccccc1)(c1ccccc1)C(C#N)COC(=O)C=C. The Hall–Kier alpha value is -3.12. The van der Waals surface area contributed by atoms with Crippen LogP contribution in [0.15, 0.2) is 86.0 Å². The molecule has 2 aromatic carbocycles. The molecule has 3 heteroatoms. The molecule has 1 unspecified atom stereocenters. The van der Waals surface area contributed by atoms with Gasteiger partial charge in [-0.05, 0) is 30.4 Å². The van der Waals surface area contributed by atoms with Crippen LogP contribution in [-0.2, 0) is 14.9 Å². The van der Waals surface area contributed by atoms with E-state index >= 15 is 0 Å². The second-order valence-electron chi connectivity index (χ2n) is 6.75. The number of benzene rings is 2. The van der Waals surface area contributed by atoms with E-state index in [4.69, 9.17) is 4.74 Å². The molecule has 2 rings (SSSR count). The van der Waals surface area contributed by atoms with Crippen LogP contribution >= 0.6 is 0 Å². The topological polar surface area (TPSA) is 50.1 Å². The van der Waals surface area contributed by atoms with Gasteiger partial charge in [0.25, 0.3) is 0 Å². The number of esters is 1. The maximum atomic E-state index is 11.7. The van der Waals surface area contributed by atoms with Gasteiger partial charge in [-0.1, -0.05) is 79.7 Å². The third-order valence-corrected chi connectivity index (χ3v) is 5.12. The average Bonchev–Trinajstić information content (AvgIpc) is 2.76. The summed E-state index contributed by atoms with van der Waals surface area (Å²) in [4.78, 5) is 11.7. The summed E-state index contributed by atoms with van der Waals surface area (Å²) in [5.41, 5.74) is 1.54. The molecule has 3 nitrogen and oxygen atoms in total. The zero-order valence-electron chi connectivity index (χ0n) is 16.2. The third-order valence-electron chi connectivity index (χ3n) is 5.12. The molecule has 0 saturated heterocycles. The van der Waals surface area contributed by atoms with Crippen molar-refractivity contribution in [1.29, 1.82) is 5.26 Å². The smallest absolute Gasteiger partial charge is 0.330 e. The summed E-state index contributed by atoms with van der Waals surface area (Å²) in [6, 6.07) is 22.5. The molecular weight excluding hydrogens is 346 g/mol. The van der Waals surface area contributed by atoms with Gasteiger partial charge >= 0.3 is 5.97 Å². The molecule has 28 heavy (non-hydrogen) atoms. The summed E-state index contributed by atoms with van der Waals surface area (Å²) in [6.07, 6.45) is 6.69. The molecule has 1 atom stereocenters. The van der Waals surface area contributed by atoms with Gasteiger partial charge in [-0.25, -0.2) is 4.79 Å². The van der Waals surface area contributed by atoms with Gasteiger partial charge in [0.05, 0.1) is 12.0 Å². The first-order chi connectivity index (χ1) is 13.7. The van der Waals surface area contributed by atoms with Gasteiger partial charge in [0.15, 0.2) is 0 Å². The standard InChI is InChI=1S/C25H27NO2/c1-3-5-6-13-18-25(21-14-9-7-10-15-21,22-16-11-8-12-17-22)23(19-26)20-28-24(27)4-2/h3-4,7-12,14-17,23H,1-2,5-6,13,18,20H2. The molecule has 0 heterocycles. The molecule has 0 amide bonds. The Morgan fingerprint density at radius 2 is 1.61 bits per heavy atom. The van der Waals surface area contributed by atoms with Crippen molar-refractivity contribution < 1.29 is 9.53 Å². The van der Waals surface area contributed by atoms with E-state index in [1.165, 1.54) is 0 Å². The number of nitriles is 1. The Morgan fingerprint density at radius 1 is 1.04 bits per heavy atom. The summed E-state index contributed by atoms with van der Waals surface area (Å²) in [7, 11) is 0. The van der Waals surface area contributed by atoms with E-state index in [1.807, 2.05) is 42.5 Å². The average molecular weight is 373 g/mol. The minimum Gasteiger partial charge on any atom is -0.461 e. The highest BCUT2D eigenvalue weighted by molar-refractivity contribution is 5.81. The van der Waals surface area contributed by atoms with Gasteiger partial charge in [-0.2, -0.15) is 5.26 Å². The van der Waals surface area contributed by atoms with Gasteiger partial charge in [-0.3, -0.25) is 0 Å². The Labute approximate surface area is 168 Å². The summed E-state index contributed by atoms with van der Waals surface area (Å²) in [5, 5.41) is 10.1. The highest BCUT2D eigenvalue weighted by Crippen LogP contribution is 2.44. The van der Waals surface area contributed by atoms with Crippen LogP contribution < -0.4 is 0 Å². The molecule has 0 aliphatic heterocycles. The molecule has 2 aromatic rings. The molecule has 0 bridgehead atoms. The lowest BCUT2D eigenvalue weighted by molar-refractivity contribution is -0.139. The first-order valence-corrected chi connectivity index (χ1v) is 9.59. The number of hydrogen-bond acceptors (Lipinski definition) is 3. The number of unbranched alkanes of at least 4 members (excludes halogenated alkanes) is 2. The second-order valence-corrected chi connectivity index (χ2v) is 6.75. The van der Waals surface area contributed by atoms with Gasteiger partial charge in [-0.15, -0.1) is 6.58 Å². The number of hydrogen-bond donors (Lipinski definition) is 0. The van der Waals surface area contributed by atoms with Crippen molar-refractivity contribution >= 4 is 5.97 Å². The van der Waals surface area contributed by atoms with Crippen LogP contribution in [0.1, 0.15) is 36.8 Å². The van der Waals surface area contributed by atoms with Gasteiger partial charge < -0.3 is 4.74 Å². The van der Waals surface area contributed by atoms with Crippen LogP contribution in [-0.4, -0.2) is 12.6 Å². The Kier molecular flexibility index (Phi) is 8.24. The van der Waals surface area contributed by atoms with E-state index in [-0.39, 0.29) is 6.61 Å². The molecule has 144 valence electrons. The minimum absolute atomic E-state index is 0.0204. The largest absolute Gasteiger partial charge is 0.461 e. The van der Waals surface area contributed by atoms with Crippen LogP contribution in [0.4, 0.5) is 0 Å². The maximum Gasteiger partial charge on any atom is 0.330 e. The fraction of sp³-hybridized carbons (Fsp3) is 0.280. The van der Waals surface area contributed by atoms with Crippen molar-refractivity contribution in [2.45, 2.75) is 31.1 Å². The summed E-state index contributed by atoms with van der Waals surface area (Å²) >= 11 is 0. The predicted octanol–water partition coefficient (Wildman–Crippen LogP) is 5.59. The van der Waals surface area contributed by atoms with Crippen molar-refractivity contribution in [2.24, 2.45) is 5.92 Å². The Morgan fingerprint density at radius 3 is 2.07 bits per heavy atom. The zero-order valence-corrected chi connectivity index (χ0v) is 16.2. The number of ether oxygens (including phenoxy) is 1. The van der Waals surface area contributed by atoms with Crippen LogP contribution in [0.3, 0.4) is 0 Å². The zero-order chi connectivity index (χ0) is 20.2. The number of allylic oxidation sites excluding steroid dienone is 1. The highest BCUT2D eigenvalue weighted by atomic mass is 16.5. The predicted molar refractivity (Wildman–Crippen MR) is 113 cm³/mol. The molecule has 0 fully saturated rings. The lowest BCUT2D eigenvalue weighted by Gasteiger charge is -2.39. The van der Waals surface area contributed by atoms with Crippen molar-refractivity contribution in [2.75, 3.05) is 6.61 Å². The van der Waals surface area contributed by atoms with Crippen LogP contribution in [0.5, 0.6) is 0 Å². The maximum absolute atomic E-state index is 11.7. The molecule has 0 aromatic heterocycles. The van der Waals surface area contributed by atoms with Gasteiger partial charge in [0.2, 0.25) is 0 Å². The first-order valence-electron chi connectivity index (χ1n) is 9.59. The monoisotopic (exact) mass is 373 g/mol. The van der Waals surface area contributed by atoms with E-state index in [0.717, 1.165) is 42.9 Å². The van der Waals surface area contributed by atoms with E-state index in [2.05, 4.69) is 43.5 Å². The van der Waals surface area contributed by atoms with Crippen molar-refractivity contribution in [1.82, 2.24) is 0 Å². The lowest BCUT2D eigenvalue weighted by atomic mass is 9.63. The molecular formula is C25H27NO2. The number of rotatable bonds is 11. The quantitative estimate of drug-likeness (QED) is 0.223. The fourth-order valence-corrected chi connectivity index (χ4v) is 3.71. The van der Waals surface area contributed by atoms with Crippen LogP contribution in [0.2, 0.25) is 0 Å². The molecule has 0 aliphatic carbocycles. The lowest BCUT2D eigenvalue weighted by Crippen LogP contribution is -2.39. The summed E-state index contributed by atoms with van der Waals surface area (Å²) < 4.78 is 5.33. The van der Waals surface area contributed by atoms with E-state index in [9.17, 15) is 10.1 Å². The van der Waals surface area contributed by atoms with Crippen LogP contribution in [0.25, 0.3) is 0 Å². The van der Waals surface area contributed by atoms with Gasteiger partial charge in [0.1, 0.15) is 6.61 Å². The molecule has 0 radical (unpaired) electrons. The van der Waals surface area contributed by atoms with E-state index in [1.54, 1.807) is 0 Å². The number of carbonyl (C=O) groups excluding carboxylic acids is 1.